The molecule has 1 atom stereocenters. The first-order valence-corrected chi connectivity index (χ1v) is 6.55. The van der Waals surface area contributed by atoms with Gasteiger partial charge in [0.05, 0.1) is 0 Å². The van der Waals surface area contributed by atoms with Crippen LogP contribution in [-0.4, -0.2) is 20.7 Å². The van der Waals surface area contributed by atoms with Crippen LogP contribution in [0.4, 0.5) is 8.78 Å². The van der Waals surface area contributed by atoms with Crippen LogP contribution in [0.25, 0.3) is 0 Å². The molecule has 0 saturated carbocycles. The molecule has 1 aromatic carbocycles. The van der Waals surface area contributed by atoms with E-state index in [1.54, 1.807) is 6.92 Å². The van der Waals surface area contributed by atoms with Crippen molar-refractivity contribution in [3.63, 3.8) is 0 Å². The number of nitrogens with two attached hydrogens (primary N) is 1. The van der Waals surface area contributed by atoms with Gasteiger partial charge in [0, 0.05) is 12.3 Å². The third-order valence-corrected chi connectivity index (χ3v) is 3.18. The molecule has 0 spiro atoms. The van der Waals surface area contributed by atoms with Crippen molar-refractivity contribution in [2.75, 3.05) is 6.26 Å². The molecule has 90 valence electrons. The van der Waals surface area contributed by atoms with Crippen LogP contribution >= 0.6 is 0 Å². The first-order valence-electron chi connectivity index (χ1n) is 4.66. The number of hydrogen-bond acceptors (Lipinski definition) is 3. The molecule has 0 aliphatic rings. The molecule has 1 aromatic rings. The maximum Gasteiger partial charge on any atom is 0.178 e. The van der Waals surface area contributed by atoms with Crippen LogP contribution in [0.1, 0.15) is 12.5 Å². The lowest BCUT2D eigenvalue weighted by molar-refractivity contribution is 0.474. The van der Waals surface area contributed by atoms with Gasteiger partial charge in [-0.3, -0.25) is 0 Å². The highest BCUT2D eigenvalue weighted by atomic mass is 32.2. The van der Waals surface area contributed by atoms with Gasteiger partial charge in [0.25, 0.3) is 0 Å². The topological polar surface area (TPSA) is 60.2 Å². The van der Waals surface area contributed by atoms with E-state index in [1.165, 1.54) is 6.07 Å². The highest BCUT2D eigenvalue weighted by Crippen LogP contribution is 2.21. The predicted octanol–water partition coefficient (Wildman–Crippen LogP) is 1.26. The minimum atomic E-state index is -3.75. The van der Waals surface area contributed by atoms with Gasteiger partial charge in [-0.2, -0.15) is 0 Å². The lowest BCUT2D eigenvalue weighted by atomic mass is 10.1. The molecule has 0 bridgehead atoms. The van der Waals surface area contributed by atoms with E-state index >= 15 is 0 Å². The Morgan fingerprint density at radius 2 is 1.88 bits per heavy atom. The molecule has 1 rings (SSSR count). The van der Waals surface area contributed by atoms with Crippen LogP contribution in [0.3, 0.4) is 0 Å². The highest BCUT2D eigenvalue weighted by Gasteiger charge is 2.20. The number of sulfone groups is 1. The molecular formula is C10H13F2NO2S. The minimum absolute atomic E-state index is 0.0832. The van der Waals surface area contributed by atoms with Gasteiger partial charge in [-0.05, 0) is 25.0 Å². The molecule has 0 aliphatic carbocycles. The third kappa shape index (κ3) is 2.76. The Bertz CT molecular complexity index is 498. The van der Waals surface area contributed by atoms with E-state index in [9.17, 15) is 17.2 Å². The number of hydrogen-bond donors (Lipinski definition) is 1. The van der Waals surface area contributed by atoms with Gasteiger partial charge in [0.15, 0.2) is 21.5 Å². The Morgan fingerprint density at radius 3 is 2.31 bits per heavy atom. The fourth-order valence-corrected chi connectivity index (χ4v) is 2.09. The largest absolute Gasteiger partial charge is 0.328 e. The van der Waals surface area contributed by atoms with Crippen molar-refractivity contribution >= 4 is 9.84 Å². The number of rotatable bonds is 3. The van der Waals surface area contributed by atoms with Crippen molar-refractivity contribution in [1.29, 1.82) is 0 Å². The summed E-state index contributed by atoms with van der Waals surface area (Å²) in [5.41, 5.74) is 5.54. The van der Waals surface area contributed by atoms with Gasteiger partial charge in [-0.1, -0.05) is 6.07 Å². The normalized spacial score (nSPS) is 13.8. The first-order chi connectivity index (χ1) is 7.23. The Hall–Kier alpha value is -1.01. The van der Waals surface area contributed by atoms with E-state index in [-0.39, 0.29) is 18.0 Å². The summed E-state index contributed by atoms with van der Waals surface area (Å²) in [5, 5.41) is 0. The Labute approximate surface area is 93.2 Å². The maximum absolute atomic E-state index is 13.5. The molecule has 0 saturated heterocycles. The van der Waals surface area contributed by atoms with Gasteiger partial charge >= 0.3 is 0 Å². The van der Waals surface area contributed by atoms with E-state index in [0.29, 0.717) is 0 Å². The van der Waals surface area contributed by atoms with Crippen molar-refractivity contribution in [2.24, 2.45) is 5.73 Å². The van der Waals surface area contributed by atoms with E-state index in [1.807, 2.05) is 0 Å². The van der Waals surface area contributed by atoms with E-state index in [0.717, 1.165) is 12.3 Å². The Balaban J connectivity index is 3.29. The molecule has 0 aliphatic heterocycles. The SMILES string of the molecule is CC(N)Cc1ccc(S(C)(=O)=O)c(F)c1F. The molecule has 16 heavy (non-hydrogen) atoms. The van der Waals surface area contributed by atoms with Crippen LogP contribution in [-0.2, 0) is 16.3 Å². The zero-order chi connectivity index (χ0) is 12.5. The lowest BCUT2D eigenvalue weighted by Crippen LogP contribution is -2.19. The molecular weight excluding hydrogens is 236 g/mol. The Morgan fingerprint density at radius 1 is 1.31 bits per heavy atom. The molecule has 0 amide bonds. The summed E-state index contributed by atoms with van der Waals surface area (Å²) in [6.45, 7) is 1.65. The monoisotopic (exact) mass is 249 g/mol. The lowest BCUT2D eigenvalue weighted by Gasteiger charge is -2.09. The Kier molecular flexibility index (Phi) is 3.64. The van der Waals surface area contributed by atoms with E-state index < -0.39 is 26.4 Å². The molecule has 0 radical (unpaired) electrons. The van der Waals surface area contributed by atoms with Gasteiger partial charge in [0.1, 0.15) is 4.90 Å². The quantitative estimate of drug-likeness (QED) is 0.877. The molecule has 0 fully saturated rings. The van der Waals surface area contributed by atoms with Crippen molar-refractivity contribution in [3.8, 4) is 0 Å². The first kappa shape index (κ1) is 13.1. The summed E-state index contributed by atoms with van der Waals surface area (Å²) < 4.78 is 49.1. The summed E-state index contributed by atoms with van der Waals surface area (Å²) in [7, 11) is -3.75. The van der Waals surface area contributed by atoms with Crippen LogP contribution in [0.2, 0.25) is 0 Å². The number of benzene rings is 1. The molecule has 2 N–H and O–H groups in total. The summed E-state index contributed by atoms with van der Waals surface area (Å²) >= 11 is 0. The molecule has 3 nitrogen and oxygen atoms in total. The summed E-state index contributed by atoms with van der Waals surface area (Å²) in [5.74, 6) is -2.47. The van der Waals surface area contributed by atoms with Gasteiger partial charge in [-0.15, -0.1) is 0 Å². The van der Waals surface area contributed by atoms with Crippen molar-refractivity contribution < 1.29 is 17.2 Å². The standard InChI is InChI=1S/C10H13F2NO2S/c1-6(13)5-7-3-4-8(16(2,14)15)10(12)9(7)11/h3-4,6H,5,13H2,1-2H3. The summed E-state index contributed by atoms with van der Waals surface area (Å²) in [4.78, 5) is -0.626. The molecule has 6 heteroatoms. The van der Waals surface area contributed by atoms with E-state index in [2.05, 4.69) is 0 Å². The van der Waals surface area contributed by atoms with Crippen molar-refractivity contribution in [1.82, 2.24) is 0 Å². The smallest absolute Gasteiger partial charge is 0.178 e. The molecule has 1 unspecified atom stereocenters. The van der Waals surface area contributed by atoms with Gasteiger partial charge in [0.2, 0.25) is 0 Å². The van der Waals surface area contributed by atoms with Crippen molar-refractivity contribution in [3.05, 3.63) is 29.3 Å². The van der Waals surface area contributed by atoms with Crippen LogP contribution in [0.5, 0.6) is 0 Å². The predicted molar refractivity (Wildman–Crippen MR) is 56.8 cm³/mol. The number of halogens is 2. The second-order valence-corrected chi connectivity index (χ2v) is 5.79. The second-order valence-electron chi connectivity index (χ2n) is 3.80. The average molecular weight is 249 g/mol. The van der Waals surface area contributed by atoms with E-state index in [4.69, 9.17) is 5.73 Å². The molecule has 0 heterocycles. The van der Waals surface area contributed by atoms with Crippen LogP contribution in [0, 0.1) is 11.6 Å². The van der Waals surface area contributed by atoms with Crippen LogP contribution in [0.15, 0.2) is 17.0 Å². The second kappa shape index (κ2) is 4.47. The minimum Gasteiger partial charge on any atom is -0.328 e. The molecule has 0 aromatic heterocycles. The summed E-state index contributed by atoms with van der Waals surface area (Å²) in [6.07, 6.45) is 0.989. The van der Waals surface area contributed by atoms with Gasteiger partial charge < -0.3 is 5.73 Å². The fraction of sp³-hybridized carbons (Fsp3) is 0.400. The third-order valence-electron chi connectivity index (χ3n) is 2.07. The summed E-state index contributed by atoms with van der Waals surface area (Å²) in [6, 6.07) is 1.99. The van der Waals surface area contributed by atoms with Crippen molar-refractivity contribution in [2.45, 2.75) is 24.3 Å². The highest BCUT2D eigenvalue weighted by molar-refractivity contribution is 7.90. The maximum atomic E-state index is 13.5. The zero-order valence-corrected chi connectivity index (χ0v) is 9.81. The van der Waals surface area contributed by atoms with Crippen LogP contribution < -0.4 is 5.73 Å². The fourth-order valence-electron chi connectivity index (χ4n) is 1.36. The zero-order valence-electron chi connectivity index (χ0n) is 9.00. The van der Waals surface area contributed by atoms with Gasteiger partial charge in [-0.25, -0.2) is 17.2 Å². The average Bonchev–Trinajstić information content (AvgIpc) is 2.10.